The fourth-order valence-electron chi connectivity index (χ4n) is 0.954. The van der Waals surface area contributed by atoms with Gasteiger partial charge in [-0.25, -0.2) is 9.42 Å². The van der Waals surface area contributed by atoms with E-state index in [1.807, 2.05) is 5.32 Å². The molecule has 0 aliphatic carbocycles. The highest BCUT2D eigenvalue weighted by Gasteiger charge is 2.26. The van der Waals surface area contributed by atoms with E-state index in [1.54, 1.807) is 0 Å². The van der Waals surface area contributed by atoms with Crippen LogP contribution in [0, 0.1) is 0 Å². The van der Waals surface area contributed by atoms with Crippen LogP contribution in [0.4, 0.5) is 5.82 Å². The van der Waals surface area contributed by atoms with Crippen LogP contribution in [0.1, 0.15) is 16.9 Å². The van der Waals surface area contributed by atoms with Crippen molar-refractivity contribution in [3.05, 3.63) is 5.69 Å². The minimum atomic E-state index is -1.59. The molecule has 17 heavy (non-hydrogen) atoms. The topological polar surface area (TPSA) is 169 Å². The van der Waals surface area contributed by atoms with Gasteiger partial charge in [0.25, 0.3) is 5.91 Å². The van der Waals surface area contributed by atoms with Crippen molar-refractivity contribution in [1.29, 1.82) is 0 Å². The molecule has 1 aromatic rings. The zero-order chi connectivity index (χ0) is 13.0. The molecular weight excluding hydrogens is 236 g/mol. The average molecular weight is 244 g/mol. The summed E-state index contributed by atoms with van der Waals surface area (Å²) in [5.74, 6) is -4.15. The smallest absolute Gasteiger partial charge is 0.326 e. The molecule has 1 aromatic heterocycles. The van der Waals surface area contributed by atoms with Gasteiger partial charge in [0, 0.05) is 0 Å². The number of nitrogen functional groups attached to an aromatic ring is 1. The highest BCUT2D eigenvalue weighted by Crippen LogP contribution is 2.04. The van der Waals surface area contributed by atoms with Crippen LogP contribution in [0.2, 0.25) is 0 Å². The molecule has 0 spiro atoms. The van der Waals surface area contributed by atoms with Crippen molar-refractivity contribution in [3.63, 3.8) is 0 Å². The van der Waals surface area contributed by atoms with Crippen molar-refractivity contribution >= 4 is 23.7 Å². The molecule has 1 heterocycles. The third kappa shape index (κ3) is 3.15. The Labute approximate surface area is 93.4 Å². The van der Waals surface area contributed by atoms with Gasteiger partial charge in [-0.15, -0.1) is 0 Å². The van der Waals surface area contributed by atoms with E-state index in [0.717, 1.165) is 0 Å². The zero-order valence-electron chi connectivity index (χ0n) is 8.28. The molecule has 0 radical (unpaired) electrons. The number of nitrogens with two attached hydrogens (primary N) is 1. The fraction of sp³-hybridized carbons (Fsp3) is 0.286. The normalized spacial score (nSPS) is 11.8. The number of carbonyl (C=O) groups is 3. The van der Waals surface area contributed by atoms with Crippen LogP contribution >= 0.6 is 0 Å². The maximum Gasteiger partial charge on any atom is 0.326 e. The lowest BCUT2D eigenvalue weighted by molar-refractivity contribution is -0.145. The van der Waals surface area contributed by atoms with Crippen LogP contribution < -0.4 is 11.1 Å². The van der Waals surface area contributed by atoms with Gasteiger partial charge in [0.05, 0.1) is 6.42 Å². The SMILES string of the molecule is Nc1nonc1C(=O)NC(CC(=O)O)C(=O)O. The summed E-state index contributed by atoms with van der Waals surface area (Å²) in [6, 6.07) is -1.59. The predicted molar refractivity (Wildman–Crippen MR) is 49.9 cm³/mol. The van der Waals surface area contributed by atoms with Gasteiger partial charge in [-0.1, -0.05) is 0 Å². The van der Waals surface area contributed by atoms with Crippen LogP contribution in [0.3, 0.4) is 0 Å². The minimum absolute atomic E-state index is 0.318. The molecule has 1 atom stereocenters. The van der Waals surface area contributed by atoms with Crippen molar-refractivity contribution < 1.29 is 29.2 Å². The molecule has 92 valence electrons. The fourth-order valence-corrected chi connectivity index (χ4v) is 0.954. The van der Waals surface area contributed by atoms with Crippen LogP contribution in [0.15, 0.2) is 4.63 Å². The highest BCUT2D eigenvalue weighted by molar-refractivity contribution is 5.98. The van der Waals surface area contributed by atoms with Gasteiger partial charge in [-0.05, 0) is 10.3 Å². The summed E-state index contributed by atoms with van der Waals surface area (Å²) in [5, 5.41) is 25.3. The Morgan fingerprint density at radius 1 is 1.35 bits per heavy atom. The number of carboxylic acids is 2. The van der Waals surface area contributed by atoms with Gasteiger partial charge in [-0.3, -0.25) is 9.59 Å². The van der Waals surface area contributed by atoms with E-state index in [4.69, 9.17) is 15.9 Å². The summed E-state index contributed by atoms with van der Waals surface area (Å²) in [7, 11) is 0. The summed E-state index contributed by atoms with van der Waals surface area (Å²) in [6.45, 7) is 0. The van der Waals surface area contributed by atoms with E-state index in [0.29, 0.717) is 0 Å². The number of hydrogen-bond acceptors (Lipinski definition) is 7. The van der Waals surface area contributed by atoms with Gasteiger partial charge in [0.1, 0.15) is 6.04 Å². The van der Waals surface area contributed by atoms with Gasteiger partial charge in [-0.2, -0.15) is 0 Å². The molecule has 0 saturated carbocycles. The molecule has 0 aliphatic heterocycles. The summed E-state index contributed by atoms with van der Waals surface area (Å²) in [6.07, 6.45) is -0.772. The van der Waals surface area contributed by atoms with Crippen molar-refractivity contribution in [1.82, 2.24) is 15.6 Å². The zero-order valence-corrected chi connectivity index (χ0v) is 8.28. The minimum Gasteiger partial charge on any atom is -0.481 e. The third-order valence-corrected chi connectivity index (χ3v) is 1.71. The number of aliphatic carboxylic acids is 2. The second-order valence-electron chi connectivity index (χ2n) is 2.96. The molecule has 0 aromatic carbocycles. The Morgan fingerprint density at radius 3 is 2.41 bits per heavy atom. The average Bonchev–Trinajstić information content (AvgIpc) is 2.62. The van der Waals surface area contributed by atoms with Crippen molar-refractivity contribution in [3.8, 4) is 0 Å². The summed E-state index contributed by atoms with van der Waals surface area (Å²) >= 11 is 0. The standard InChI is InChI=1S/C7H8N4O6/c8-5-4(10-17-11-5)6(14)9-2(7(15)16)1-3(12)13/h2H,1H2,(H2,8,11)(H,9,14)(H,12,13)(H,15,16). The maximum atomic E-state index is 11.4. The first-order valence-electron chi connectivity index (χ1n) is 4.25. The molecule has 0 aliphatic rings. The van der Waals surface area contributed by atoms with E-state index in [1.165, 1.54) is 0 Å². The molecular formula is C7H8N4O6. The van der Waals surface area contributed by atoms with E-state index in [2.05, 4.69) is 14.9 Å². The first kappa shape index (κ1) is 12.4. The van der Waals surface area contributed by atoms with E-state index < -0.39 is 36.0 Å². The second-order valence-corrected chi connectivity index (χ2v) is 2.96. The van der Waals surface area contributed by atoms with Gasteiger partial charge in [0.15, 0.2) is 0 Å². The lowest BCUT2D eigenvalue weighted by Gasteiger charge is -2.10. The second kappa shape index (κ2) is 4.92. The van der Waals surface area contributed by atoms with E-state index in [-0.39, 0.29) is 5.82 Å². The van der Waals surface area contributed by atoms with E-state index >= 15 is 0 Å². The number of carboxylic acid groups (broad SMARTS) is 2. The largest absolute Gasteiger partial charge is 0.481 e. The van der Waals surface area contributed by atoms with E-state index in [9.17, 15) is 14.4 Å². The number of carbonyl (C=O) groups excluding carboxylic acids is 1. The molecule has 0 bridgehead atoms. The lowest BCUT2D eigenvalue weighted by atomic mass is 10.2. The number of nitrogens with zero attached hydrogens (tertiary/aromatic N) is 2. The lowest BCUT2D eigenvalue weighted by Crippen LogP contribution is -2.42. The van der Waals surface area contributed by atoms with Crippen molar-refractivity contribution in [2.45, 2.75) is 12.5 Å². The molecule has 10 heteroatoms. The van der Waals surface area contributed by atoms with Crippen LogP contribution in [-0.2, 0) is 9.59 Å². The number of rotatable bonds is 5. The van der Waals surface area contributed by atoms with Crippen molar-refractivity contribution in [2.24, 2.45) is 0 Å². The Bertz CT molecular complexity index is 455. The Hall–Kier alpha value is -2.65. The summed E-state index contributed by atoms with van der Waals surface area (Å²) in [4.78, 5) is 32.4. The van der Waals surface area contributed by atoms with Crippen molar-refractivity contribution in [2.75, 3.05) is 5.73 Å². The number of aromatic nitrogens is 2. The van der Waals surface area contributed by atoms with Gasteiger partial charge >= 0.3 is 11.9 Å². The third-order valence-electron chi connectivity index (χ3n) is 1.71. The van der Waals surface area contributed by atoms with Gasteiger partial charge in [0.2, 0.25) is 11.5 Å². The first-order valence-corrected chi connectivity index (χ1v) is 4.25. The molecule has 0 saturated heterocycles. The van der Waals surface area contributed by atoms with Crippen LogP contribution in [-0.4, -0.2) is 44.4 Å². The Balaban J connectivity index is 2.74. The van der Waals surface area contributed by atoms with Crippen LogP contribution in [0.5, 0.6) is 0 Å². The summed E-state index contributed by atoms with van der Waals surface area (Å²) in [5.41, 5.74) is 4.80. The maximum absolute atomic E-state index is 11.4. The Kier molecular flexibility index (Phi) is 3.59. The molecule has 1 rings (SSSR count). The number of hydrogen-bond donors (Lipinski definition) is 4. The molecule has 0 fully saturated rings. The number of anilines is 1. The van der Waals surface area contributed by atoms with Gasteiger partial charge < -0.3 is 21.3 Å². The van der Waals surface area contributed by atoms with Crippen LogP contribution in [0.25, 0.3) is 0 Å². The number of amides is 1. The monoisotopic (exact) mass is 244 g/mol. The molecule has 1 amide bonds. The summed E-state index contributed by atoms with van der Waals surface area (Å²) < 4.78 is 4.14. The Morgan fingerprint density at radius 2 is 2.00 bits per heavy atom. The first-order chi connectivity index (χ1) is 7.91. The molecule has 5 N–H and O–H groups in total. The molecule has 10 nitrogen and oxygen atoms in total. The highest BCUT2D eigenvalue weighted by atomic mass is 16.6. The quantitative estimate of drug-likeness (QED) is 0.471. The number of nitrogens with one attached hydrogen (secondary N) is 1. The predicted octanol–water partition coefficient (Wildman–Crippen LogP) is -1.69. The molecule has 1 unspecified atom stereocenters.